The SMILES string of the molecule is Cc1nn(C)c(OCC(=O)c2ccccc2)c1C. The van der Waals surface area contributed by atoms with Crippen LogP contribution in [0.15, 0.2) is 30.3 Å². The molecule has 94 valence electrons. The van der Waals surface area contributed by atoms with Crippen LogP contribution in [0.2, 0.25) is 0 Å². The van der Waals surface area contributed by atoms with E-state index in [1.807, 2.05) is 39.1 Å². The van der Waals surface area contributed by atoms with E-state index in [0.717, 1.165) is 11.3 Å². The first-order chi connectivity index (χ1) is 8.59. The summed E-state index contributed by atoms with van der Waals surface area (Å²) in [6, 6.07) is 9.13. The van der Waals surface area contributed by atoms with Crippen molar-refractivity contribution in [2.45, 2.75) is 13.8 Å². The highest BCUT2D eigenvalue weighted by Crippen LogP contribution is 2.19. The number of ether oxygens (including phenoxy) is 1. The molecule has 0 amide bonds. The molecule has 0 N–H and O–H groups in total. The second kappa shape index (κ2) is 5.04. The summed E-state index contributed by atoms with van der Waals surface area (Å²) in [6.07, 6.45) is 0. The molecule has 0 saturated carbocycles. The molecule has 0 spiro atoms. The monoisotopic (exact) mass is 244 g/mol. The van der Waals surface area contributed by atoms with Gasteiger partial charge in [-0.1, -0.05) is 30.3 Å². The lowest BCUT2D eigenvalue weighted by Gasteiger charge is -2.06. The Bertz CT molecular complexity index is 559. The van der Waals surface area contributed by atoms with Crippen molar-refractivity contribution in [3.8, 4) is 5.88 Å². The predicted molar refractivity (Wildman–Crippen MR) is 68.9 cm³/mol. The zero-order valence-corrected chi connectivity index (χ0v) is 10.8. The van der Waals surface area contributed by atoms with Gasteiger partial charge >= 0.3 is 0 Å². The van der Waals surface area contributed by atoms with Gasteiger partial charge in [0.1, 0.15) is 0 Å². The molecule has 0 aliphatic rings. The van der Waals surface area contributed by atoms with Crippen LogP contribution < -0.4 is 4.74 Å². The maximum atomic E-state index is 11.9. The Morgan fingerprint density at radius 1 is 1.28 bits per heavy atom. The second-order valence-corrected chi connectivity index (χ2v) is 4.22. The summed E-state index contributed by atoms with van der Waals surface area (Å²) < 4.78 is 7.21. The van der Waals surface area contributed by atoms with Gasteiger partial charge in [0.2, 0.25) is 5.88 Å². The Balaban J connectivity index is 2.06. The number of ketones is 1. The van der Waals surface area contributed by atoms with Gasteiger partial charge in [0.05, 0.1) is 5.69 Å². The van der Waals surface area contributed by atoms with E-state index in [-0.39, 0.29) is 12.4 Å². The lowest BCUT2D eigenvalue weighted by atomic mass is 10.1. The fourth-order valence-corrected chi connectivity index (χ4v) is 1.79. The van der Waals surface area contributed by atoms with E-state index in [2.05, 4.69) is 5.10 Å². The fraction of sp³-hybridized carbons (Fsp3) is 0.286. The number of Topliss-reactive ketones (excluding diaryl/α,β-unsaturated/α-hetero) is 1. The highest BCUT2D eigenvalue weighted by Gasteiger charge is 2.12. The highest BCUT2D eigenvalue weighted by atomic mass is 16.5. The molecule has 0 bridgehead atoms. The van der Waals surface area contributed by atoms with E-state index >= 15 is 0 Å². The summed E-state index contributed by atoms with van der Waals surface area (Å²) in [7, 11) is 1.81. The third-order valence-corrected chi connectivity index (χ3v) is 2.89. The normalized spacial score (nSPS) is 10.4. The van der Waals surface area contributed by atoms with E-state index in [1.54, 1.807) is 16.8 Å². The predicted octanol–water partition coefficient (Wildman–Crippen LogP) is 2.30. The minimum absolute atomic E-state index is 0.0316. The molecule has 4 heteroatoms. The molecule has 0 fully saturated rings. The quantitative estimate of drug-likeness (QED) is 0.775. The topological polar surface area (TPSA) is 44.1 Å². The van der Waals surface area contributed by atoms with Crippen LogP contribution in [0.5, 0.6) is 5.88 Å². The lowest BCUT2D eigenvalue weighted by molar-refractivity contribution is 0.0914. The van der Waals surface area contributed by atoms with Gasteiger partial charge in [0.15, 0.2) is 12.4 Å². The number of benzene rings is 1. The molecule has 2 rings (SSSR count). The fourth-order valence-electron chi connectivity index (χ4n) is 1.79. The smallest absolute Gasteiger partial charge is 0.215 e. The van der Waals surface area contributed by atoms with Crippen molar-refractivity contribution in [2.24, 2.45) is 7.05 Å². The summed E-state index contributed by atoms with van der Waals surface area (Å²) in [4.78, 5) is 11.9. The Labute approximate surface area is 106 Å². The molecule has 1 aromatic carbocycles. The zero-order chi connectivity index (χ0) is 13.1. The molecule has 0 saturated heterocycles. The summed E-state index contributed by atoms with van der Waals surface area (Å²) in [5.74, 6) is 0.616. The van der Waals surface area contributed by atoms with Crippen LogP contribution >= 0.6 is 0 Å². The largest absolute Gasteiger partial charge is 0.469 e. The van der Waals surface area contributed by atoms with Crippen molar-refractivity contribution in [1.82, 2.24) is 9.78 Å². The number of carbonyl (C=O) groups excluding carboxylic acids is 1. The minimum Gasteiger partial charge on any atom is -0.469 e. The molecular formula is C14H16N2O2. The number of hydrogen-bond donors (Lipinski definition) is 0. The summed E-state index contributed by atoms with van der Waals surface area (Å²) in [5, 5.41) is 4.24. The first-order valence-corrected chi connectivity index (χ1v) is 5.81. The first-order valence-electron chi connectivity index (χ1n) is 5.81. The number of nitrogens with zero attached hydrogens (tertiary/aromatic N) is 2. The molecule has 0 aliphatic carbocycles. The Morgan fingerprint density at radius 2 is 1.94 bits per heavy atom. The van der Waals surface area contributed by atoms with Gasteiger partial charge in [0, 0.05) is 18.2 Å². The zero-order valence-electron chi connectivity index (χ0n) is 10.8. The van der Waals surface area contributed by atoms with E-state index in [4.69, 9.17) is 4.74 Å². The number of rotatable bonds is 4. The lowest BCUT2D eigenvalue weighted by Crippen LogP contribution is -2.13. The van der Waals surface area contributed by atoms with Crippen molar-refractivity contribution in [1.29, 1.82) is 0 Å². The Morgan fingerprint density at radius 3 is 2.50 bits per heavy atom. The average Bonchev–Trinajstić information content (AvgIpc) is 2.62. The van der Waals surface area contributed by atoms with E-state index in [0.29, 0.717) is 11.4 Å². The maximum Gasteiger partial charge on any atom is 0.215 e. The molecule has 0 aliphatic heterocycles. The van der Waals surface area contributed by atoms with Gasteiger partial charge < -0.3 is 4.74 Å². The van der Waals surface area contributed by atoms with E-state index in [9.17, 15) is 4.79 Å². The summed E-state index contributed by atoms with van der Waals surface area (Å²) >= 11 is 0. The molecule has 18 heavy (non-hydrogen) atoms. The van der Waals surface area contributed by atoms with Gasteiger partial charge in [-0.15, -0.1) is 0 Å². The van der Waals surface area contributed by atoms with Crippen LogP contribution in [-0.2, 0) is 7.05 Å². The van der Waals surface area contributed by atoms with Crippen LogP contribution in [0.3, 0.4) is 0 Å². The number of aryl methyl sites for hydroxylation is 2. The Hall–Kier alpha value is -2.10. The third-order valence-electron chi connectivity index (χ3n) is 2.89. The molecule has 1 heterocycles. The third kappa shape index (κ3) is 2.42. The highest BCUT2D eigenvalue weighted by molar-refractivity contribution is 5.97. The van der Waals surface area contributed by atoms with E-state index in [1.165, 1.54) is 0 Å². The van der Waals surface area contributed by atoms with Gasteiger partial charge in [-0.2, -0.15) is 5.10 Å². The number of carbonyl (C=O) groups is 1. The second-order valence-electron chi connectivity index (χ2n) is 4.22. The summed E-state index contributed by atoms with van der Waals surface area (Å²) in [6.45, 7) is 3.88. The van der Waals surface area contributed by atoms with Crippen LogP contribution in [0.25, 0.3) is 0 Å². The maximum absolute atomic E-state index is 11.9. The van der Waals surface area contributed by atoms with Gasteiger partial charge in [-0.05, 0) is 13.8 Å². The van der Waals surface area contributed by atoms with Crippen molar-refractivity contribution < 1.29 is 9.53 Å². The Kier molecular flexibility index (Phi) is 3.46. The molecule has 0 atom stereocenters. The van der Waals surface area contributed by atoms with Crippen LogP contribution in [0.1, 0.15) is 21.6 Å². The van der Waals surface area contributed by atoms with Crippen molar-refractivity contribution in [2.75, 3.05) is 6.61 Å². The van der Waals surface area contributed by atoms with Crippen LogP contribution in [0, 0.1) is 13.8 Å². The van der Waals surface area contributed by atoms with Crippen molar-refractivity contribution in [3.05, 3.63) is 47.2 Å². The summed E-state index contributed by atoms with van der Waals surface area (Å²) in [5.41, 5.74) is 2.55. The number of hydrogen-bond acceptors (Lipinski definition) is 3. The van der Waals surface area contributed by atoms with E-state index < -0.39 is 0 Å². The average molecular weight is 244 g/mol. The van der Waals surface area contributed by atoms with Gasteiger partial charge in [0.25, 0.3) is 0 Å². The minimum atomic E-state index is -0.0335. The molecular weight excluding hydrogens is 228 g/mol. The van der Waals surface area contributed by atoms with Gasteiger partial charge in [-0.3, -0.25) is 4.79 Å². The van der Waals surface area contributed by atoms with Crippen LogP contribution in [-0.4, -0.2) is 22.2 Å². The van der Waals surface area contributed by atoms with Crippen molar-refractivity contribution >= 4 is 5.78 Å². The van der Waals surface area contributed by atoms with Crippen molar-refractivity contribution in [3.63, 3.8) is 0 Å². The van der Waals surface area contributed by atoms with Crippen LogP contribution in [0.4, 0.5) is 0 Å². The molecule has 1 aromatic heterocycles. The standard InChI is InChI=1S/C14H16N2O2/c1-10-11(2)15-16(3)14(10)18-9-13(17)12-7-5-4-6-8-12/h4-8H,9H2,1-3H3. The number of aromatic nitrogens is 2. The molecule has 0 unspecified atom stereocenters. The molecule has 2 aromatic rings. The molecule has 4 nitrogen and oxygen atoms in total. The van der Waals surface area contributed by atoms with Gasteiger partial charge in [-0.25, -0.2) is 4.68 Å². The molecule has 0 radical (unpaired) electrons. The first kappa shape index (κ1) is 12.4.